The number of amides is 1. The maximum absolute atomic E-state index is 14.4. The lowest BCUT2D eigenvalue weighted by Crippen LogP contribution is -2.37. The van der Waals surface area contributed by atoms with E-state index in [1.165, 1.54) is 24.3 Å². The molecule has 0 radical (unpaired) electrons. The number of hydrogen-bond donors (Lipinski definition) is 1. The molecule has 2 heterocycles. The Morgan fingerprint density at radius 3 is 2.68 bits per heavy atom. The van der Waals surface area contributed by atoms with Crippen molar-refractivity contribution in [1.29, 1.82) is 0 Å². The van der Waals surface area contributed by atoms with Crippen LogP contribution in [0.15, 0.2) is 42.5 Å². The number of benzene rings is 2. The Bertz CT molecular complexity index is 1070. The first-order valence-corrected chi connectivity index (χ1v) is 8.96. The van der Waals surface area contributed by atoms with Crippen molar-refractivity contribution < 1.29 is 23.1 Å². The number of para-hydroxylation sites is 1. The second kappa shape index (κ2) is 7.24. The Morgan fingerprint density at radius 1 is 1.11 bits per heavy atom. The molecule has 1 atom stereocenters. The molecule has 0 aliphatic carbocycles. The average molecular weight is 386 g/mol. The summed E-state index contributed by atoms with van der Waals surface area (Å²) in [6.07, 6.45) is 1.46. The first kappa shape index (κ1) is 18.4. The van der Waals surface area contributed by atoms with Gasteiger partial charge in [-0.1, -0.05) is 12.1 Å². The third-order valence-electron chi connectivity index (χ3n) is 5.08. The van der Waals surface area contributed by atoms with Gasteiger partial charge in [0.15, 0.2) is 11.6 Å². The molecular formula is C21H17F3N2O2. The SMILES string of the molecule is O=C(c1cc(-c2ccc(F)c(F)c2)nc2c(F)cccc12)N1CCC[C@H]1CO. The lowest BCUT2D eigenvalue weighted by molar-refractivity contribution is 0.0679. The van der Waals surface area contributed by atoms with E-state index in [0.717, 1.165) is 18.6 Å². The highest BCUT2D eigenvalue weighted by molar-refractivity contribution is 6.07. The third kappa shape index (κ3) is 3.11. The minimum Gasteiger partial charge on any atom is -0.394 e. The van der Waals surface area contributed by atoms with Crippen LogP contribution >= 0.6 is 0 Å². The van der Waals surface area contributed by atoms with Crippen molar-refractivity contribution >= 4 is 16.8 Å². The molecule has 7 heteroatoms. The van der Waals surface area contributed by atoms with E-state index in [1.807, 2.05) is 0 Å². The molecular weight excluding hydrogens is 369 g/mol. The summed E-state index contributed by atoms with van der Waals surface area (Å²) in [5.41, 5.74) is 0.593. The van der Waals surface area contributed by atoms with Crippen molar-refractivity contribution in [2.24, 2.45) is 0 Å². The fourth-order valence-electron chi connectivity index (χ4n) is 3.64. The maximum Gasteiger partial charge on any atom is 0.254 e. The van der Waals surface area contributed by atoms with Crippen LogP contribution in [-0.4, -0.2) is 40.1 Å². The second-order valence-corrected chi connectivity index (χ2v) is 6.80. The summed E-state index contributed by atoms with van der Waals surface area (Å²) in [4.78, 5) is 19.0. The van der Waals surface area contributed by atoms with Crippen LogP contribution in [0.2, 0.25) is 0 Å². The number of aromatic nitrogens is 1. The van der Waals surface area contributed by atoms with Crippen LogP contribution in [0.3, 0.4) is 0 Å². The molecule has 1 aromatic heterocycles. The first-order valence-electron chi connectivity index (χ1n) is 8.96. The van der Waals surface area contributed by atoms with Crippen LogP contribution < -0.4 is 0 Å². The average Bonchev–Trinajstić information content (AvgIpc) is 3.18. The number of halogens is 3. The standard InChI is InChI=1S/C21H17F3N2O2/c22-16-7-6-12(9-18(16)24)19-10-15(14-4-1-5-17(23)20(14)25-19)21(28)26-8-2-3-13(26)11-27/h1,4-7,9-10,13,27H,2-3,8,11H2/t13-/m0/s1. The molecule has 3 aromatic rings. The fraction of sp³-hybridized carbons (Fsp3) is 0.238. The minimum atomic E-state index is -1.05. The van der Waals surface area contributed by atoms with Crippen LogP contribution in [0, 0.1) is 17.5 Å². The van der Waals surface area contributed by atoms with Gasteiger partial charge in [-0.2, -0.15) is 0 Å². The molecule has 2 aromatic carbocycles. The van der Waals surface area contributed by atoms with Crippen molar-refractivity contribution in [3.05, 3.63) is 65.5 Å². The largest absolute Gasteiger partial charge is 0.394 e. The number of likely N-dealkylation sites (tertiary alicyclic amines) is 1. The predicted octanol–water partition coefficient (Wildman–Crippen LogP) is 3.92. The van der Waals surface area contributed by atoms with Gasteiger partial charge in [-0.25, -0.2) is 18.2 Å². The molecule has 144 valence electrons. The lowest BCUT2D eigenvalue weighted by atomic mass is 10.0. The molecule has 28 heavy (non-hydrogen) atoms. The molecule has 1 saturated heterocycles. The van der Waals surface area contributed by atoms with E-state index >= 15 is 0 Å². The number of carbonyl (C=O) groups excluding carboxylic acids is 1. The van der Waals surface area contributed by atoms with Crippen LogP contribution in [0.5, 0.6) is 0 Å². The summed E-state index contributed by atoms with van der Waals surface area (Å²) in [6, 6.07) is 8.73. The van der Waals surface area contributed by atoms with E-state index < -0.39 is 17.5 Å². The van der Waals surface area contributed by atoms with Gasteiger partial charge < -0.3 is 10.0 Å². The number of aliphatic hydroxyl groups is 1. The molecule has 1 aliphatic rings. The number of nitrogens with zero attached hydrogens (tertiary/aromatic N) is 2. The summed E-state index contributed by atoms with van der Waals surface area (Å²) in [6.45, 7) is 0.336. The summed E-state index contributed by atoms with van der Waals surface area (Å²) in [7, 11) is 0. The number of pyridine rings is 1. The normalized spacial score (nSPS) is 16.7. The molecule has 1 amide bonds. The van der Waals surface area contributed by atoms with Gasteiger partial charge in [0.25, 0.3) is 5.91 Å². The van der Waals surface area contributed by atoms with E-state index in [1.54, 1.807) is 11.0 Å². The molecule has 0 spiro atoms. The van der Waals surface area contributed by atoms with Crippen molar-refractivity contribution in [3.8, 4) is 11.3 Å². The topological polar surface area (TPSA) is 53.4 Å². The van der Waals surface area contributed by atoms with Crippen molar-refractivity contribution in [1.82, 2.24) is 9.88 Å². The van der Waals surface area contributed by atoms with Gasteiger partial charge in [0, 0.05) is 17.5 Å². The highest BCUT2D eigenvalue weighted by Gasteiger charge is 2.30. The molecule has 1 fully saturated rings. The molecule has 4 rings (SSSR count). The molecule has 1 aliphatic heterocycles. The van der Waals surface area contributed by atoms with E-state index in [9.17, 15) is 23.1 Å². The van der Waals surface area contributed by atoms with Crippen molar-refractivity contribution in [2.75, 3.05) is 13.2 Å². The highest BCUT2D eigenvalue weighted by Crippen LogP contribution is 2.30. The van der Waals surface area contributed by atoms with Crippen molar-refractivity contribution in [3.63, 3.8) is 0 Å². The van der Waals surface area contributed by atoms with E-state index in [0.29, 0.717) is 18.4 Å². The van der Waals surface area contributed by atoms with Gasteiger partial charge in [0.1, 0.15) is 11.3 Å². The fourth-order valence-corrected chi connectivity index (χ4v) is 3.64. The number of fused-ring (bicyclic) bond motifs is 1. The first-order chi connectivity index (χ1) is 13.5. The third-order valence-corrected chi connectivity index (χ3v) is 5.08. The zero-order chi connectivity index (χ0) is 19.8. The van der Waals surface area contributed by atoms with Gasteiger partial charge >= 0.3 is 0 Å². The van der Waals surface area contributed by atoms with Gasteiger partial charge in [0.05, 0.1) is 23.9 Å². The van der Waals surface area contributed by atoms with Crippen LogP contribution in [0.4, 0.5) is 13.2 Å². The van der Waals surface area contributed by atoms with Crippen LogP contribution in [0.25, 0.3) is 22.2 Å². The number of rotatable bonds is 3. The van der Waals surface area contributed by atoms with E-state index in [4.69, 9.17) is 0 Å². The Morgan fingerprint density at radius 2 is 1.93 bits per heavy atom. The van der Waals surface area contributed by atoms with Crippen molar-refractivity contribution in [2.45, 2.75) is 18.9 Å². The maximum atomic E-state index is 14.4. The number of hydrogen-bond acceptors (Lipinski definition) is 3. The van der Waals surface area contributed by atoms with Gasteiger partial charge in [0.2, 0.25) is 0 Å². The number of aliphatic hydroxyl groups excluding tert-OH is 1. The van der Waals surface area contributed by atoms with Crippen LogP contribution in [-0.2, 0) is 0 Å². The van der Waals surface area contributed by atoms with Gasteiger partial charge in [-0.15, -0.1) is 0 Å². The Balaban J connectivity index is 1.90. The summed E-state index contributed by atoms with van der Waals surface area (Å²) in [5.74, 6) is -3.02. The molecule has 4 nitrogen and oxygen atoms in total. The second-order valence-electron chi connectivity index (χ2n) is 6.80. The summed E-state index contributed by atoms with van der Waals surface area (Å²) in [5, 5.41) is 9.87. The molecule has 0 bridgehead atoms. The van der Waals surface area contributed by atoms with Crippen LogP contribution in [0.1, 0.15) is 23.2 Å². The molecule has 0 unspecified atom stereocenters. The zero-order valence-corrected chi connectivity index (χ0v) is 14.8. The van der Waals surface area contributed by atoms with E-state index in [2.05, 4.69) is 4.98 Å². The highest BCUT2D eigenvalue weighted by atomic mass is 19.2. The molecule has 1 N–H and O–H groups in total. The molecule has 0 saturated carbocycles. The zero-order valence-electron chi connectivity index (χ0n) is 14.8. The number of carbonyl (C=O) groups is 1. The summed E-state index contributed by atoms with van der Waals surface area (Å²) < 4.78 is 41.4. The van der Waals surface area contributed by atoms with Gasteiger partial charge in [-0.05, 0) is 43.2 Å². The minimum absolute atomic E-state index is 0.0205. The smallest absolute Gasteiger partial charge is 0.254 e. The Hall–Kier alpha value is -2.93. The Labute approximate surface area is 159 Å². The monoisotopic (exact) mass is 386 g/mol. The van der Waals surface area contributed by atoms with Gasteiger partial charge in [-0.3, -0.25) is 4.79 Å². The predicted molar refractivity (Wildman–Crippen MR) is 98.2 cm³/mol. The lowest BCUT2D eigenvalue weighted by Gasteiger charge is -2.24. The Kier molecular flexibility index (Phi) is 4.77. The quantitative estimate of drug-likeness (QED) is 0.743. The van der Waals surface area contributed by atoms with E-state index in [-0.39, 0.29) is 40.9 Å². The summed E-state index contributed by atoms with van der Waals surface area (Å²) >= 11 is 0.